The van der Waals surface area contributed by atoms with E-state index in [0.717, 1.165) is 6.07 Å². The molecule has 0 fully saturated rings. The molecule has 0 aromatic heterocycles. The zero-order chi connectivity index (χ0) is 12.6. The molecule has 2 rings (SSSR count). The third kappa shape index (κ3) is 2.16. The van der Waals surface area contributed by atoms with E-state index in [2.05, 4.69) is 5.43 Å². The van der Waals surface area contributed by atoms with Gasteiger partial charge in [0.15, 0.2) is 0 Å². The van der Waals surface area contributed by atoms with Crippen LogP contribution < -0.4 is 11.3 Å². The molecule has 0 aliphatic rings. The summed E-state index contributed by atoms with van der Waals surface area (Å²) in [7, 11) is -4.35. The van der Waals surface area contributed by atoms with Crippen LogP contribution in [-0.4, -0.2) is 18.1 Å². The lowest BCUT2D eigenvalue weighted by atomic mass is 10.1. The topological polar surface area (TPSA) is 113 Å². The molecule has 0 saturated carbocycles. The van der Waals surface area contributed by atoms with E-state index in [-0.39, 0.29) is 10.6 Å². The predicted molar refractivity (Wildman–Crippen MR) is 63.2 cm³/mol. The van der Waals surface area contributed by atoms with Crippen molar-refractivity contribution >= 4 is 26.6 Å². The van der Waals surface area contributed by atoms with Gasteiger partial charge in [-0.25, -0.2) is 0 Å². The Morgan fingerprint density at radius 2 is 1.88 bits per heavy atom. The fourth-order valence-corrected chi connectivity index (χ4v) is 2.10. The van der Waals surface area contributed by atoms with Crippen LogP contribution in [0.5, 0.6) is 5.75 Å². The highest BCUT2D eigenvalue weighted by atomic mass is 32.2. The quantitative estimate of drug-likeness (QED) is 0.362. The van der Waals surface area contributed by atoms with Crippen molar-refractivity contribution in [3.8, 4) is 5.75 Å². The van der Waals surface area contributed by atoms with Gasteiger partial charge in [0.25, 0.3) is 10.1 Å². The molecule has 0 unspecified atom stereocenters. The van der Waals surface area contributed by atoms with Crippen molar-refractivity contribution < 1.29 is 18.1 Å². The molecule has 2 aromatic rings. The maximum atomic E-state index is 11.0. The number of hydrazine groups is 1. The van der Waals surface area contributed by atoms with Gasteiger partial charge in [-0.2, -0.15) is 8.42 Å². The normalized spacial score (nSPS) is 11.6. The van der Waals surface area contributed by atoms with Gasteiger partial charge >= 0.3 is 0 Å². The molecule has 90 valence electrons. The summed E-state index contributed by atoms with van der Waals surface area (Å²) in [6, 6.07) is 7.03. The molecule has 5 N–H and O–H groups in total. The van der Waals surface area contributed by atoms with E-state index >= 15 is 0 Å². The van der Waals surface area contributed by atoms with E-state index in [4.69, 9.17) is 10.4 Å². The number of rotatable bonds is 2. The van der Waals surface area contributed by atoms with Gasteiger partial charge in [0.05, 0.1) is 4.90 Å². The van der Waals surface area contributed by atoms with Crippen LogP contribution in [0.15, 0.2) is 35.2 Å². The molecule has 0 aliphatic carbocycles. The van der Waals surface area contributed by atoms with Gasteiger partial charge in [0.1, 0.15) is 5.75 Å². The monoisotopic (exact) mass is 254 g/mol. The first kappa shape index (κ1) is 11.6. The average molecular weight is 254 g/mol. The Labute approximate surface area is 97.4 Å². The largest absolute Gasteiger partial charge is 0.507 e. The first-order valence-corrected chi connectivity index (χ1v) is 6.07. The molecule has 0 aliphatic heterocycles. The fraction of sp³-hybridized carbons (Fsp3) is 0. The molecule has 0 radical (unpaired) electrons. The molecule has 7 heteroatoms. The molecule has 17 heavy (non-hydrogen) atoms. The third-order valence-corrected chi connectivity index (χ3v) is 3.20. The van der Waals surface area contributed by atoms with Crippen LogP contribution in [0.2, 0.25) is 0 Å². The van der Waals surface area contributed by atoms with Crippen LogP contribution in [-0.2, 0) is 10.1 Å². The summed E-state index contributed by atoms with van der Waals surface area (Å²) in [5, 5.41) is 10.6. The Bertz CT molecular complexity index is 682. The fourth-order valence-electron chi connectivity index (χ4n) is 1.56. The van der Waals surface area contributed by atoms with E-state index in [9.17, 15) is 13.5 Å². The Morgan fingerprint density at radius 3 is 2.47 bits per heavy atom. The van der Waals surface area contributed by atoms with Crippen molar-refractivity contribution in [2.24, 2.45) is 5.84 Å². The molecular weight excluding hydrogens is 244 g/mol. The number of fused-ring (bicyclic) bond motifs is 1. The summed E-state index contributed by atoms with van der Waals surface area (Å²) in [5.74, 6) is 5.00. The molecule has 6 nitrogen and oxygen atoms in total. The van der Waals surface area contributed by atoms with E-state index in [1.807, 2.05) is 0 Å². The highest BCUT2D eigenvalue weighted by Crippen LogP contribution is 2.30. The standard InChI is InChI=1S/C10H10N2O4S/c11-12-7-1-2-9-6(3-7)4-8(5-10(9)13)17(14,15)16/h1-5,12-13H,11H2,(H,14,15,16). The van der Waals surface area contributed by atoms with E-state index < -0.39 is 10.1 Å². The molecular formula is C10H10N2O4S. The molecule has 0 amide bonds. The first-order valence-electron chi connectivity index (χ1n) is 4.63. The third-order valence-electron chi connectivity index (χ3n) is 2.37. The van der Waals surface area contributed by atoms with Crippen LogP contribution in [0, 0.1) is 0 Å². The van der Waals surface area contributed by atoms with Gasteiger partial charge in [0, 0.05) is 17.1 Å². The second-order valence-electron chi connectivity index (χ2n) is 3.50. The summed E-state index contributed by atoms with van der Waals surface area (Å²) in [5.41, 5.74) is 2.96. The molecule has 0 heterocycles. The zero-order valence-corrected chi connectivity index (χ0v) is 9.40. The number of aromatic hydroxyl groups is 1. The van der Waals surface area contributed by atoms with Gasteiger partial charge in [-0.15, -0.1) is 0 Å². The minimum absolute atomic E-state index is 0.223. The predicted octanol–water partition coefficient (Wildman–Crippen LogP) is 1.08. The summed E-state index contributed by atoms with van der Waals surface area (Å²) in [6.45, 7) is 0. The van der Waals surface area contributed by atoms with Crippen molar-refractivity contribution in [3.05, 3.63) is 30.3 Å². The number of phenols is 1. The molecule has 0 atom stereocenters. The summed E-state index contributed by atoms with van der Waals surface area (Å²) >= 11 is 0. The number of phenolic OH excluding ortho intramolecular Hbond substituents is 1. The number of anilines is 1. The van der Waals surface area contributed by atoms with Gasteiger partial charge < -0.3 is 10.5 Å². The minimum atomic E-state index is -4.35. The van der Waals surface area contributed by atoms with Crippen molar-refractivity contribution in [2.75, 3.05) is 5.43 Å². The van der Waals surface area contributed by atoms with E-state index in [1.165, 1.54) is 6.07 Å². The number of hydrogen-bond donors (Lipinski definition) is 4. The molecule has 0 bridgehead atoms. The van der Waals surface area contributed by atoms with E-state index in [1.54, 1.807) is 18.2 Å². The Balaban J connectivity index is 2.79. The number of nitrogens with one attached hydrogen (secondary N) is 1. The van der Waals surface area contributed by atoms with E-state index in [0.29, 0.717) is 16.5 Å². The molecule has 2 aromatic carbocycles. The van der Waals surface area contributed by atoms with Crippen molar-refractivity contribution in [1.82, 2.24) is 0 Å². The van der Waals surface area contributed by atoms with Gasteiger partial charge in [0.2, 0.25) is 0 Å². The van der Waals surface area contributed by atoms with Crippen LogP contribution >= 0.6 is 0 Å². The second-order valence-corrected chi connectivity index (χ2v) is 4.92. The minimum Gasteiger partial charge on any atom is -0.507 e. The van der Waals surface area contributed by atoms with Crippen LogP contribution in [0.25, 0.3) is 10.8 Å². The number of nitrogens with two attached hydrogens (primary N) is 1. The summed E-state index contributed by atoms with van der Waals surface area (Å²) in [4.78, 5) is -0.364. The maximum absolute atomic E-state index is 11.0. The Kier molecular flexibility index (Phi) is 2.66. The maximum Gasteiger partial charge on any atom is 0.294 e. The van der Waals surface area contributed by atoms with Gasteiger partial charge in [-0.3, -0.25) is 10.4 Å². The van der Waals surface area contributed by atoms with Crippen molar-refractivity contribution in [1.29, 1.82) is 0 Å². The van der Waals surface area contributed by atoms with Crippen LogP contribution in [0.4, 0.5) is 5.69 Å². The lowest BCUT2D eigenvalue weighted by Gasteiger charge is -2.06. The van der Waals surface area contributed by atoms with Crippen molar-refractivity contribution in [3.63, 3.8) is 0 Å². The SMILES string of the molecule is NNc1ccc2c(O)cc(S(=O)(=O)O)cc2c1. The summed E-state index contributed by atoms with van der Waals surface area (Å²) in [6.07, 6.45) is 0. The smallest absolute Gasteiger partial charge is 0.294 e. The lowest BCUT2D eigenvalue weighted by molar-refractivity contribution is 0.471. The van der Waals surface area contributed by atoms with Gasteiger partial charge in [-0.05, 0) is 29.7 Å². The Hall–Kier alpha value is -1.83. The first-order chi connectivity index (χ1) is 7.91. The number of nitrogen functional groups attached to an aromatic ring is 1. The van der Waals surface area contributed by atoms with Gasteiger partial charge in [-0.1, -0.05) is 0 Å². The number of hydrogen-bond acceptors (Lipinski definition) is 5. The summed E-state index contributed by atoms with van der Waals surface area (Å²) < 4.78 is 30.9. The lowest BCUT2D eigenvalue weighted by Crippen LogP contribution is -2.06. The average Bonchev–Trinajstić information content (AvgIpc) is 2.27. The number of benzene rings is 2. The molecule has 0 saturated heterocycles. The Morgan fingerprint density at radius 1 is 1.18 bits per heavy atom. The van der Waals surface area contributed by atoms with Crippen LogP contribution in [0.3, 0.4) is 0 Å². The highest BCUT2D eigenvalue weighted by molar-refractivity contribution is 7.85. The zero-order valence-electron chi connectivity index (χ0n) is 8.58. The van der Waals surface area contributed by atoms with Crippen molar-refractivity contribution in [2.45, 2.75) is 4.90 Å². The van der Waals surface area contributed by atoms with Crippen LogP contribution in [0.1, 0.15) is 0 Å². The highest BCUT2D eigenvalue weighted by Gasteiger charge is 2.13. The second kappa shape index (κ2) is 3.88. The molecule has 0 spiro atoms.